The Hall–Kier alpha value is -2.90. The number of aryl methyl sites for hydroxylation is 2. The summed E-state index contributed by atoms with van der Waals surface area (Å²) in [5.74, 6) is 0. The van der Waals surface area contributed by atoms with Gasteiger partial charge in [0, 0.05) is 12.7 Å². The molecule has 0 aliphatic heterocycles. The Morgan fingerprint density at radius 3 is 1.57 bits per heavy atom. The average Bonchev–Trinajstić information content (AvgIpc) is 2.72. The Kier molecular flexibility index (Phi) is 6.43. The summed E-state index contributed by atoms with van der Waals surface area (Å²) in [6.45, 7) is 3.95. The second kappa shape index (κ2) is 8.85. The molecule has 1 N–H and O–H groups in total. The van der Waals surface area contributed by atoms with Crippen LogP contribution in [0.1, 0.15) is 16.7 Å². The molecule has 0 aliphatic rings. The summed E-state index contributed by atoms with van der Waals surface area (Å²) in [5, 5.41) is 2.86. The van der Waals surface area contributed by atoms with Gasteiger partial charge in [-0.2, -0.15) is 0 Å². The van der Waals surface area contributed by atoms with Crippen molar-refractivity contribution in [2.45, 2.75) is 30.2 Å². The molecule has 0 aromatic heterocycles. The second-order valence-corrected chi connectivity index (χ2v) is 11.1. The Balaban J connectivity index is 2.07. The van der Waals surface area contributed by atoms with E-state index in [1.807, 2.05) is 44.2 Å². The van der Waals surface area contributed by atoms with Crippen LogP contribution in [0.15, 0.2) is 99.1 Å². The third kappa shape index (κ3) is 4.80. The zero-order valence-electron chi connectivity index (χ0n) is 16.7. The highest BCUT2D eigenvalue weighted by molar-refractivity contribution is 8.14. The first kappa shape index (κ1) is 21.8. The molecule has 3 aromatic rings. The normalized spacial score (nSPS) is 11.7. The molecule has 0 unspecified atom stereocenters. The van der Waals surface area contributed by atoms with Gasteiger partial charge in [0.05, 0.1) is 9.79 Å². The van der Waals surface area contributed by atoms with Crippen LogP contribution in [0.25, 0.3) is 0 Å². The third-order valence-corrected chi connectivity index (χ3v) is 8.96. The van der Waals surface area contributed by atoms with Gasteiger partial charge in [0.25, 0.3) is 0 Å². The largest absolute Gasteiger partial charge is 0.385 e. The summed E-state index contributed by atoms with van der Waals surface area (Å²) >= 11 is 0. The Morgan fingerprint density at radius 1 is 0.700 bits per heavy atom. The van der Waals surface area contributed by atoms with Crippen LogP contribution < -0.4 is 5.32 Å². The lowest BCUT2D eigenvalue weighted by atomic mass is 10.2. The van der Waals surface area contributed by atoms with E-state index in [2.05, 4.69) is 5.32 Å². The fraction of sp³-hybridized carbons (Fsp3) is 0.130. The molecule has 0 spiro atoms. The quantitative estimate of drug-likeness (QED) is 0.596. The van der Waals surface area contributed by atoms with E-state index in [1.165, 1.54) is 24.3 Å². The molecule has 0 fully saturated rings. The van der Waals surface area contributed by atoms with E-state index in [4.69, 9.17) is 0 Å². The first-order chi connectivity index (χ1) is 14.2. The van der Waals surface area contributed by atoms with E-state index in [-0.39, 0.29) is 16.3 Å². The zero-order chi connectivity index (χ0) is 21.8. The molecule has 156 valence electrons. The van der Waals surface area contributed by atoms with Gasteiger partial charge in [-0.15, -0.1) is 0 Å². The minimum absolute atomic E-state index is 0.0726. The maximum absolute atomic E-state index is 13.3. The number of nitrogens with one attached hydrogen (secondary N) is 1. The minimum atomic E-state index is -4.28. The number of hydrogen-bond donors (Lipinski definition) is 1. The molecule has 3 rings (SSSR count). The van der Waals surface area contributed by atoms with Crippen molar-refractivity contribution < 1.29 is 16.8 Å². The highest BCUT2D eigenvalue weighted by atomic mass is 32.3. The van der Waals surface area contributed by atoms with Crippen molar-refractivity contribution in [2.75, 3.05) is 0 Å². The molecule has 30 heavy (non-hydrogen) atoms. The highest BCUT2D eigenvalue weighted by Crippen LogP contribution is 2.29. The number of hydrogen-bond acceptors (Lipinski definition) is 5. The average molecular weight is 442 g/mol. The first-order valence-electron chi connectivity index (χ1n) is 9.32. The Morgan fingerprint density at radius 2 is 1.13 bits per heavy atom. The van der Waals surface area contributed by atoms with Gasteiger partial charge in [-0.1, -0.05) is 65.7 Å². The smallest absolute Gasteiger partial charge is 0.219 e. The summed E-state index contributed by atoms with van der Waals surface area (Å²) in [4.78, 5) is -0.145. The summed E-state index contributed by atoms with van der Waals surface area (Å²) in [6, 6.07) is 21.5. The standard InChI is InChI=1S/C23H23NO4S2/c1-18-8-12-21(13-9-18)29(25,26)23(17-24-16-20-6-4-3-5-7-20)30(27,28)22-14-10-19(2)11-15-22/h3-15,17,24H,16H2,1-2H3. The van der Waals surface area contributed by atoms with E-state index in [0.29, 0.717) is 0 Å². The lowest BCUT2D eigenvalue weighted by Crippen LogP contribution is -2.19. The van der Waals surface area contributed by atoms with Crippen LogP contribution in [0.4, 0.5) is 0 Å². The van der Waals surface area contributed by atoms with E-state index in [9.17, 15) is 16.8 Å². The summed E-state index contributed by atoms with van der Waals surface area (Å²) in [7, 11) is -8.56. The topological polar surface area (TPSA) is 80.3 Å². The fourth-order valence-electron chi connectivity index (χ4n) is 2.81. The summed E-state index contributed by atoms with van der Waals surface area (Å²) < 4.78 is 52.5. The summed E-state index contributed by atoms with van der Waals surface area (Å²) in [6.07, 6.45) is 1.08. The lowest BCUT2D eigenvalue weighted by molar-refractivity contribution is 0.594. The van der Waals surface area contributed by atoms with Crippen LogP contribution in [0.3, 0.4) is 0 Å². The monoisotopic (exact) mass is 441 g/mol. The van der Waals surface area contributed by atoms with Crippen molar-refractivity contribution in [2.24, 2.45) is 0 Å². The van der Waals surface area contributed by atoms with Crippen LogP contribution in [-0.4, -0.2) is 16.8 Å². The van der Waals surface area contributed by atoms with Crippen molar-refractivity contribution in [1.82, 2.24) is 5.32 Å². The Labute approximate surface area is 177 Å². The SMILES string of the molecule is Cc1ccc(S(=O)(=O)C(=CNCc2ccccc2)S(=O)(=O)c2ccc(C)cc2)cc1. The molecule has 0 saturated carbocycles. The van der Waals surface area contributed by atoms with Gasteiger partial charge in [0.1, 0.15) is 0 Å². The van der Waals surface area contributed by atoms with Crippen molar-refractivity contribution >= 4 is 19.7 Å². The predicted octanol–water partition coefficient (Wildman–Crippen LogP) is 4.14. The third-order valence-electron chi connectivity index (χ3n) is 4.56. The molecule has 3 aromatic carbocycles. The molecular weight excluding hydrogens is 418 g/mol. The Bertz CT molecular complexity index is 1170. The molecule has 0 radical (unpaired) electrons. The first-order valence-corrected chi connectivity index (χ1v) is 12.3. The lowest BCUT2D eigenvalue weighted by Gasteiger charge is -2.12. The van der Waals surface area contributed by atoms with Gasteiger partial charge in [0.2, 0.25) is 19.7 Å². The van der Waals surface area contributed by atoms with Gasteiger partial charge in [0.15, 0.2) is 4.24 Å². The second-order valence-electron chi connectivity index (χ2n) is 6.96. The van der Waals surface area contributed by atoms with E-state index in [0.717, 1.165) is 22.9 Å². The van der Waals surface area contributed by atoms with Crippen molar-refractivity contribution in [3.8, 4) is 0 Å². The van der Waals surface area contributed by atoms with E-state index < -0.39 is 23.9 Å². The van der Waals surface area contributed by atoms with Gasteiger partial charge in [-0.25, -0.2) is 16.8 Å². The van der Waals surface area contributed by atoms with Crippen LogP contribution in [-0.2, 0) is 26.2 Å². The molecule has 5 nitrogen and oxygen atoms in total. The van der Waals surface area contributed by atoms with Crippen LogP contribution in [0.5, 0.6) is 0 Å². The molecule has 0 heterocycles. The summed E-state index contributed by atoms with van der Waals surface area (Å²) in [5.41, 5.74) is 2.65. The van der Waals surface area contributed by atoms with Crippen molar-refractivity contribution in [3.05, 3.63) is 106 Å². The van der Waals surface area contributed by atoms with Crippen LogP contribution in [0, 0.1) is 13.8 Å². The van der Waals surface area contributed by atoms with E-state index in [1.54, 1.807) is 24.3 Å². The molecule has 0 bridgehead atoms. The molecule has 0 atom stereocenters. The number of rotatable bonds is 7. The maximum Gasteiger partial charge on any atom is 0.219 e. The van der Waals surface area contributed by atoms with E-state index >= 15 is 0 Å². The van der Waals surface area contributed by atoms with Crippen molar-refractivity contribution in [1.29, 1.82) is 0 Å². The molecule has 0 amide bonds. The maximum atomic E-state index is 13.3. The minimum Gasteiger partial charge on any atom is -0.385 e. The van der Waals surface area contributed by atoms with Gasteiger partial charge in [-0.3, -0.25) is 0 Å². The zero-order valence-corrected chi connectivity index (χ0v) is 18.4. The van der Waals surface area contributed by atoms with Crippen molar-refractivity contribution in [3.63, 3.8) is 0 Å². The molecular formula is C23H23NO4S2. The molecule has 7 heteroatoms. The molecule has 0 aliphatic carbocycles. The predicted molar refractivity (Wildman–Crippen MR) is 118 cm³/mol. The van der Waals surface area contributed by atoms with Crippen LogP contribution >= 0.6 is 0 Å². The van der Waals surface area contributed by atoms with Gasteiger partial charge < -0.3 is 5.32 Å². The highest BCUT2D eigenvalue weighted by Gasteiger charge is 2.33. The van der Waals surface area contributed by atoms with Crippen LogP contribution in [0.2, 0.25) is 0 Å². The fourth-order valence-corrected chi connectivity index (χ4v) is 6.48. The molecule has 0 saturated heterocycles. The number of benzene rings is 3. The number of sulfone groups is 2. The van der Waals surface area contributed by atoms with Gasteiger partial charge >= 0.3 is 0 Å². The van der Waals surface area contributed by atoms with Gasteiger partial charge in [-0.05, 0) is 43.7 Å².